The van der Waals surface area contributed by atoms with E-state index in [4.69, 9.17) is 14.2 Å². The van der Waals surface area contributed by atoms with Crippen LogP contribution in [0.4, 0.5) is 0 Å². The largest absolute Gasteiger partial charge is 0.462 e. The predicted molar refractivity (Wildman–Crippen MR) is 344 cm³/mol. The lowest BCUT2D eigenvalue weighted by atomic mass is 10.0. The third kappa shape index (κ3) is 66.1. The molecule has 0 aliphatic rings. The van der Waals surface area contributed by atoms with Crippen LogP contribution in [0.15, 0.2) is 48.6 Å². The van der Waals surface area contributed by atoms with E-state index in [9.17, 15) is 14.4 Å². The van der Waals surface area contributed by atoms with E-state index >= 15 is 0 Å². The summed E-state index contributed by atoms with van der Waals surface area (Å²) in [6.07, 6.45) is 85.5. The van der Waals surface area contributed by atoms with Crippen molar-refractivity contribution in [1.82, 2.24) is 0 Å². The molecule has 1 atom stereocenters. The fraction of sp³-hybridized carbons (Fsp3) is 0.849. The van der Waals surface area contributed by atoms with Crippen LogP contribution >= 0.6 is 0 Å². The number of carbonyl (C=O) groups is 3. The number of unbranched alkanes of at least 4 members (excludes halogenated alkanes) is 46. The quantitative estimate of drug-likeness (QED) is 0.0261. The molecule has 0 radical (unpaired) electrons. The summed E-state index contributed by atoms with van der Waals surface area (Å²) in [6.45, 7) is 6.66. The molecule has 0 N–H and O–H groups in total. The molecular formula is C73H134O6. The van der Waals surface area contributed by atoms with Gasteiger partial charge in [-0.2, -0.15) is 0 Å². The first-order valence-electron chi connectivity index (χ1n) is 35.1. The van der Waals surface area contributed by atoms with Gasteiger partial charge in [0, 0.05) is 19.3 Å². The number of carbonyl (C=O) groups excluding carboxylic acids is 3. The Bertz CT molecular complexity index is 1360. The van der Waals surface area contributed by atoms with Gasteiger partial charge in [0.1, 0.15) is 13.2 Å². The average Bonchev–Trinajstić information content (AvgIpc) is 3.45. The molecule has 0 rings (SSSR count). The van der Waals surface area contributed by atoms with E-state index in [0.717, 1.165) is 70.6 Å². The highest BCUT2D eigenvalue weighted by molar-refractivity contribution is 5.71. The summed E-state index contributed by atoms with van der Waals surface area (Å²) in [5.41, 5.74) is 0. The average molecular weight is 1110 g/mol. The van der Waals surface area contributed by atoms with Crippen molar-refractivity contribution in [2.24, 2.45) is 0 Å². The van der Waals surface area contributed by atoms with Gasteiger partial charge in [-0.15, -0.1) is 0 Å². The number of hydrogen-bond donors (Lipinski definition) is 0. The van der Waals surface area contributed by atoms with Crippen molar-refractivity contribution >= 4 is 17.9 Å². The van der Waals surface area contributed by atoms with Crippen molar-refractivity contribution in [3.63, 3.8) is 0 Å². The minimum atomic E-state index is -0.777. The van der Waals surface area contributed by atoms with Crippen molar-refractivity contribution in [3.05, 3.63) is 48.6 Å². The van der Waals surface area contributed by atoms with Gasteiger partial charge in [-0.3, -0.25) is 14.4 Å². The fourth-order valence-electron chi connectivity index (χ4n) is 10.5. The first kappa shape index (κ1) is 76.4. The molecule has 0 fully saturated rings. The summed E-state index contributed by atoms with van der Waals surface area (Å²) in [4.78, 5) is 38.5. The Kier molecular flexibility index (Phi) is 65.6. The smallest absolute Gasteiger partial charge is 0.306 e. The van der Waals surface area contributed by atoms with Gasteiger partial charge in [0.2, 0.25) is 0 Å². The van der Waals surface area contributed by atoms with Crippen LogP contribution in [0.1, 0.15) is 380 Å². The molecule has 0 aromatic rings. The van der Waals surface area contributed by atoms with Gasteiger partial charge in [0.15, 0.2) is 6.10 Å². The Hall–Kier alpha value is -2.63. The predicted octanol–water partition coefficient (Wildman–Crippen LogP) is 24.1. The second-order valence-corrected chi connectivity index (χ2v) is 23.8. The van der Waals surface area contributed by atoms with Crippen LogP contribution in [-0.4, -0.2) is 37.2 Å². The van der Waals surface area contributed by atoms with Gasteiger partial charge in [0.05, 0.1) is 0 Å². The molecule has 0 spiro atoms. The first-order chi connectivity index (χ1) is 39.0. The summed E-state index contributed by atoms with van der Waals surface area (Å²) in [7, 11) is 0. The Morgan fingerprint density at radius 1 is 0.253 bits per heavy atom. The van der Waals surface area contributed by atoms with Crippen LogP contribution in [0.3, 0.4) is 0 Å². The molecule has 0 aliphatic carbocycles. The molecule has 6 heteroatoms. The number of rotatable bonds is 65. The van der Waals surface area contributed by atoms with E-state index in [1.165, 1.54) is 270 Å². The van der Waals surface area contributed by atoms with Crippen molar-refractivity contribution in [3.8, 4) is 0 Å². The van der Waals surface area contributed by atoms with Gasteiger partial charge in [-0.1, -0.05) is 326 Å². The molecular weight excluding hydrogens is 973 g/mol. The molecule has 0 heterocycles. The Balaban J connectivity index is 4.32. The summed E-state index contributed by atoms with van der Waals surface area (Å²) >= 11 is 0. The maximum Gasteiger partial charge on any atom is 0.306 e. The van der Waals surface area contributed by atoms with Gasteiger partial charge < -0.3 is 14.2 Å². The summed E-state index contributed by atoms with van der Waals surface area (Å²) in [5.74, 6) is -0.853. The van der Waals surface area contributed by atoms with Crippen LogP contribution in [0.2, 0.25) is 0 Å². The third-order valence-electron chi connectivity index (χ3n) is 15.8. The lowest BCUT2D eigenvalue weighted by Crippen LogP contribution is -2.30. The molecule has 79 heavy (non-hydrogen) atoms. The second-order valence-electron chi connectivity index (χ2n) is 23.8. The van der Waals surface area contributed by atoms with E-state index in [1.807, 2.05) is 0 Å². The Morgan fingerprint density at radius 2 is 0.456 bits per heavy atom. The second kappa shape index (κ2) is 67.9. The lowest BCUT2D eigenvalue weighted by molar-refractivity contribution is -0.167. The molecule has 462 valence electrons. The fourth-order valence-corrected chi connectivity index (χ4v) is 10.5. The van der Waals surface area contributed by atoms with Crippen LogP contribution in [0.5, 0.6) is 0 Å². The molecule has 1 unspecified atom stereocenters. The Labute approximate surface area is 492 Å². The molecule has 0 aromatic heterocycles. The van der Waals surface area contributed by atoms with Crippen LogP contribution in [0, 0.1) is 0 Å². The number of allylic oxidation sites excluding steroid dienone is 8. The van der Waals surface area contributed by atoms with Crippen LogP contribution in [-0.2, 0) is 28.6 Å². The zero-order valence-corrected chi connectivity index (χ0v) is 53.2. The van der Waals surface area contributed by atoms with Crippen molar-refractivity contribution in [2.45, 2.75) is 386 Å². The summed E-state index contributed by atoms with van der Waals surface area (Å²) in [5, 5.41) is 0. The van der Waals surface area contributed by atoms with Gasteiger partial charge in [-0.05, 0) is 83.5 Å². The molecule has 0 saturated heterocycles. The van der Waals surface area contributed by atoms with E-state index in [0.29, 0.717) is 19.3 Å². The molecule has 0 aliphatic heterocycles. The third-order valence-corrected chi connectivity index (χ3v) is 15.8. The molecule has 6 nitrogen and oxygen atoms in total. The molecule has 0 bridgehead atoms. The number of esters is 3. The van der Waals surface area contributed by atoms with E-state index in [1.54, 1.807) is 0 Å². The normalized spacial score (nSPS) is 12.3. The minimum absolute atomic E-state index is 0.0718. The maximum atomic E-state index is 13.0. The highest BCUT2D eigenvalue weighted by Crippen LogP contribution is 2.18. The summed E-state index contributed by atoms with van der Waals surface area (Å²) in [6, 6.07) is 0. The van der Waals surface area contributed by atoms with E-state index < -0.39 is 6.10 Å². The zero-order valence-electron chi connectivity index (χ0n) is 53.2. The van der Waals surface area contributed by atoms with Crippen molar-refractivity contribution in [2.75, 3.05) is 13.2 Å². The molecule has 0 amide bonds. The van der Waals surface area contributed by atoms with Gasteiger partial charge in [-0.25, -0.2) is 0 Å². The molecule has 0 saturated carbocycles. The van der Waals surface area contributed by atoms with E-state index in [-0.39, 0.29) is 31.1 Å². The van der Waals surface area contributed by atoms with Crippen molar-refractivity contribution < 1.29 is 28.6 Å². The number of ether oxygens (including phenoxy) is 3. The van der Waals surface area contributed by atoms with Gasteiger partial charge in [0.25, 0.3) is 0 Å². The Morgan fingerprint density at radius 3 is 0.722 bits per heavy atom. The SMILES string of the molecule is CCCCC/C=C\C/C=C\CCCCCCCCCCCC(=O)OCC(COC(=O)CCCCCCCCCCCCCCCCCCCCCCCCC)OC(=O)CCCCCCCCCCC/C=C\C/C=C\CCCCC. The minimum Gasteiger partial charge on any atom is -0.462 e. The molecule has 0 aromatic carbocycles. The highest BCUT2D eigenvalue weighted by Gasteiger charge is 2.19. The maximum absolute atomic E-state index is 13.0. The lowest BCUT2D eigenvalue weighted by Gasteiger charge is -2.18. The topological polar surface area (TPSA) is 78.9 Å². The number of hydrogen-bond acceptors (Lipinski definition) is 6. The monoisotopic (exact) mass is 1110 g/mol. The van der Waals surface area contributed by atoms with E-state index in [2.05, 4.69) is 69.4 Å². The van der Waals surface area contributed by atoms with Crippen LogP contribution < -0.4 is 0 Å². The first-order valence-corrected chi connectivity index (χ1v) is 35.1. The van der Waals surface area contributed by atoms with Crippen molar-refractivity contribution in [1.29, 1.82) is 0 Å². The zero-order chi connectivity index (χ0) is 57.1. The summed E-state index contributed by atoms with van der Waals surface area (Å²) < 4.78 is 17.0. The highest BCUT2D eigenvalue weighted by atomic mass is 16.6. The van der Waals surface area contributed by atoms with Gasteiger partial charge >= 0.3 is 17.9 Å². The standard InChI is InChI=1S/C73H134O6/c1-4-7-10-13-16-19-22-25-28-31-34-35-36-37-40-42-45-48-51-54-57-60-63-66-72(75)78-69-70(79-73(76)67-64-61-58-55-52-49-46-43-39-33-30-27-24-21-18-15-12-9-6-3)68-77-71(74)65-62-59-56-53-50-47-44-41-38-32-29-26-23-20-17-14-11-8-5-2/h17-18,20-21,26-27,29-30,70H,4-16,19,22-25,28,31-69H2,1-3H3/b20-17-,21-18-,29-26-,30-27-. The van der Waals surface area contributed by atoms with Crippen LogP contribution in [0.25, 0.3) is 0 Å².